The molecule has 10 aromatic carbocycles. The van der Waals surface area contributed by atoms with E-state index in [-0.39, 0.29) is 80.4 Å². The first-order chi connectivity index (χ1) is 70.8. The molecule has 24 rings (SSSR count). The predicted octanol–water partition coefficient (Wildman–Crippen LogP) is 30.7. The van der Waals surface area contributed by atoms with Gasteiger partial charge in [-0.25, -0.2) is 4.98 Å². The normalized spacial score (nSPS) is 11.4. The van der Waals surface area contributed by atoms with E-state index in [4.69, 9.17) is 22.3 Å². The predicted molar refractivity (Wildman–Crippen MR) is 609 cm³/mol. The molecule has 24 aromatic rings. The van der Waals surface area contributed by atoms with Crippen molar-refractivity contribution in [3.63, 3.8) is 0 Å². The van der Waals surface area contributed by atoms with Crippen LogP contribution in [0.4, 0.5) is 0 Å². The van der Waals surface area contributed by atoms with Crippen LogP contribution in [0.5, 0.6) is 0 Å². The Morgan fingerprint density at radius 2 is 0.784 bits per heavy atom. The van der Waals surface area contributed by atoms with E-state index in [2.05, 4.69) is 281 Å². The molecule has 148 heavy (non-hydrogen) atoms. The summed E-state index contributed by atoms with van der Waals surface area (Å²) < 4.78 is 42.6. The number of para-hydroxylation sites is 2. The number of rotatable bonds is 12. The monoisotopic (exact) mass is 2730 g/mol. The molecular formula is C126H110Ir4N10O3SSi4-8. The average Bonchev–Trinajstić information content (AvgIpc) is 1.64. The number of aromatic nitrogens is 10. The molecule has 14 aromatic heterocycles. The van der Waals surface area contributed by atoms with Crippen LogP contribution in [0.25, 0.3) is 176 Å². The fraction of sp³-hybridized carbons (Fsp3) is 0.127. The largest absolute Gasteiger partial charge is 0.500 e. The molecule has 22 heteroatoms. The summed E-state index contributed by atoms with van der Waals surface area (Å²) >= 11 is 1.83. The van der Waals surface area contributed by atoms with E-state index in [1.54, 1.807) is 24.5 Å². The van der Waals surface area contributed by atoms with Crippen LogP contribution in [0.3, 0.4) is 0 Å². The Hall–Kier alpha value is -13.2. The number of hydrogen-bond donors (Lipinski definition) is 0. The maximum atomic E-state index is 7.33. The van der Waals surface area contributed by atoms with Gasteiger partial charge in [0, 0.05) is 161 Å². The second-order valence-electron chi connectivity index (χ2n) is 38.9. The number of hydrogen-bond acceptors (Lipinski definition) is 14. The van der Waals surface area contributed by atoms with Gasteiger partial charge in [-0.3, -0.25) is 0 Å². The number of fused-ring (bicyclic) bond motifs is 12. The van der Waals surface area contributed by atoms with E-state index < -0.39 is 39.1 Å². The Bertz CT molecular complexity index is 8480. The zero-order valence-electron chi connectivity index (χ0n) is 87.7. The van der Waals surface area contributed by atoms with Crippen LogP contribution in [0.2, 0.25) is 78.6 Å². The van der Waals surface area contributed by atoms with Crippen LogP contribution in [0.15, 0.2) is 391 Å². The van der Waals surface area contributed by atoms with Gasteiger partial charge in [0.2, 0.25) is 5.71 Å². The molecule has 748 valence electrons. The summed E-state index contributed by atoms with van der Waals surface area (Å²) in [7, 11) is -5.50. The van der Waals surface area contributed by atoms with Crippen molar-refractivity contribution in [1.29, 1.82) is 0 Å². The molecule has 0 aliphatic rings. The van der Waals surface area contributed by atoms with Gasteiger partial charge >= 0.3 is 0 Å². The van der Waals surface area contributed by atoms with Crippen LogP contribution >= 0.6 is 11.3 Å². The summed E-state index contributed by atoms with van der Waals surface area (Å²) in [6.45, 7) is 32.0. The van der Waals surface area contributed by atoms with E-state index in [0.717, 1.165) is 150 Å². The van der Waals surface area contributed by atoms with Crippen molar-refractivity contribution < 1.29 is 97.8 Å². The quantitative estimate of drug-likeness (QED) is 0.0838. The fourth-order valence-electron chi connectivity index (χ4n) is 16.1. The van der Waals surface area contributed by atoms with Crippen molar-refractivity contribution in [2.45, 2.75) is 106 Å². The van der Waals surface area contributed by atoms with Gasteiger partial charge in [0.05, 0.1) is 49.0 Å². The first-order valence-corrected chi connectivity index (χ1v) is 62.6. The molecule has 0 unspecified atom stereocenters. The van der Waals surface area contributed by atoms with Crippen LogP contribution in [0.1, 0.15) is 26.5 Å². The Kier molecular flexibility index (Phi) is 37.1. The fourth-order valence-corrected chi connectivity index (χ4v) is 21.9. The summed E-state index contributed by atoms with van der Waals surface area (Å²) in [6, 6.07) is 129. The van der Waals surface area contributed by atoms with Gasteiger partial charge in [0.25, 0.3) is 0 Å². The summed E-state index contributed by atoms with van der Waals surface area (Å²) in [5, 5.41) is 14.6. The number of benzene rings is 10. The zero-order chi connectivity index (χ0) is 103. The third kappa shape index (κ3) is 28.2. The Morgan fingerprint density at radius 1 is 0.284 bits per heavy atom. The number of nitrogens with zero attached hydrogens (tertiary/aromatic N) is 10. The molecule has 13 nitrogen and oxygen atoms in total. The Labute approximate surface area is 933 Å². The van der Waals surface area contributed by atoms with Crippen LogP contribution in [-0.2, 0) is 80.4 Å². The van der Waals surface area contributed by atoms with Crippen LogP contribution in [0, 0.1) is 76.3 Å². The first kappa shape index (κ1) is 108. The summed E-state index contributed by atoms with van der Waals surface area (Å²) in [4.78, 5) is 44.3. The van der Waals surface area contributed by atoms with Crippen molar-refractivity contribution in [1.82, 2.24) is 49.8 Å². The third-order valence-electron chi connectivity index (χ3n) is 24.0. The smallest absolute Gasteiger partial charge is 0.216 e. The molecule has 4 radical (unpaired) electrons. The standard InChI is InChI=1S/C20H19N2OSi.C20H18NOSi.C20H18NSSi.C19H17N2OSi.3C12H10N.C11H8N.4Ir/c1-13-8-10-16-15-6-5-7-17(19(15)23-20(16)22-13)18-11-9-14(12-21-18)24(2,3)4;1-23(2,3)15-10-11-21-18(13-15)14-8-9-20-17(12-14)16-6-4-5-7-19(16)22-20;1-23(2,3)19-9-6-12-21-20(19)14-10-11-18-16(13-14)15-7-4-5-8-17(15)22-18;1-23(2,3)13-8-9-17(21-10-13)16-12-20-11-15-14-6-4-5-7-18(14)22-19(15)16;1-10-7-8-13-12(9-10)11-5-3-2-4-6-11;2*1-10-7-8-12(13-9-10)11-5-3-2-4-6-11;1-2-6-10(7-3-1)11-8-4-5-9-12-11;;;;/h5-6,8-12H,1-4H3;4-7,9-13H,1-3H3;4-9,11-13H,1-3H3;4-11H,1-3H3;3*2-5,7-9H,1H3;1-6,8-9H;;;;/q8*-1;;;;/i;;;;1D3;;;;;;;. The SMILES string of the molecule is C[Si](C)(C)c1ccc(-c2[c-]ncc3c2oc2ccccc23)nc1.C[Si](C)(C)c1cccnc1-c1[c-]cc2sc3ccccc3c2c1.C[Si](C)(C)c1ccnc(-c2[c-]cc3oc4ccccc4c3c2)c1.Cc1ccc(-c2[c-]cccc2)nc1.Cc1ccc(-c2[c-]cccc2)nc1.Cc1ccc2c(n1)oc1c(-c3ccc([Si](C)(C)C)cn3)[c-]ccc12.[2H]C([2H])([2H])c1ccnc(-c2[c-]cccc2)c1.[Ir].[Ir].[Ir].[Ir].[c-]1ccccc1-c1ccccn1. The molecule has 0 atom stereocenters. The molecular weight excluding hydrogens is 2610 g/mol. The first-order valence-electron chi connectivity index (χ1n) is 49.3. The van der Waals surface area contributed by atoms with Crippen molar-refractivity contribution in [2.75, 3.05) is 0 Å². The molecule has 0 bridgehead atoms. The maximum Gasteiger partial charge on any atom is 0.216 e. The van der Waals surface area contributed by atoms with E-state index in [1.807, 2.05) is 263 Å². The molecule has 14 heterocycles. The van der Waals surface area contributed by atoms with E-state index >= 15 is 0 Å². The number of furan rings is 3. The van der Waals surface area contributed by atoms with Crippen LogP contribution < -0.4 is 20.7 Å². The minimum Gasteiger partial charge on any atom is -0.500 e. The molecule has 0 aliphatic carbocycles. The minimum absolute atomic E-state index is 0. The van der Waals surface area contributed by atoms with Crippen molar-refractivity contribution in [3.8, 4) is 90.1 Å². The van der Waals surface area contributed by atoms with Crippen molar-refractivity contribution >= 4 is 150 Å². The molecule has 0 aliphatic heterocycles. The third-order valence-corrected chi connectivity index (χ3v) is 33.3. The van der Waals surface area contributed by atoms with Gasteiger partial charge in [-0.05, 0) is 177 Å². The van der Waals surface area contributed by atoms with Gasteiger partial charge in [-0.15, -0.1) is 209 Å². The summed E-state index contributed by atoms with van der Waals surface area (Å²) in [5.41, 5.74) is 23.7. The van der Waals surface area contributed by atoms with Gasteiger partial charge in [-0.2, -0.15) is 11.3 Å². The number of pyridine rings is 10. The van der Waals surface area contributed by atoms with Gasteiger partial charge in [0.15, 0.2) is 0 Å². The second-order valence-corrected chi connectivity index (χ2v) is 60.3. The van der Waals surface area contributed by atoms with Gasteiger partial charge < -0.3 is 58.1 Å². The molecule has 0 spiro atoms. The molecule has 0 fully saturated rings. The zero-order valence-corrected chi connectivity index (χ0v) is 99.1. The van der Waals surface area contributed by atoms with Crippen molar-refractivity contribution in [2.24, 2.45) is 0 Å². The van der Waals surface area contributed by atoms with E-state index in [9.17, 15) is 0 Å². The number of aryl methyl sites for hydroxylation is 4. The van der Waals surface area contributed by atoms with Gasteiger partial charge in [0.1, 0.15) is 11.2 Å². The molecule has 0 amide bonds. The van der Waals surface area contributed by atoms with Crippen molar-refractivity contribution in [3.05, 3.63) is 448 Å². The molecule has 0 N–H and O–H groups in total. The summed E-state index contributed by atoms with van der Waals surface area (Å²) in [6.07, 6.45) is 19.7. The number of thiophene rings is 1. The van der Waals surface area contributed by atoms with Gasteiger partial charge in [-0.1, -0.05) is 255 Å². The summed E-state index contributed by atoms with van der Waals surface area (Å²) in [5.74, 6) is 0. The van der Waals surface area contributed by atoms with Crippen LogP contribution in [-0.4, -0.2) is 82.1 Å². The molecule has 0 saturated carbocycles. The topological polar surface area (TPSA) is 168 Å². The van der Waals surface area contributed by atoms with E-state index in [1.165, 1.54) is 64.3 Å². The molecule has 0 saturated heterocycles. The minimum atomic E-state index is -2.09. The Balaban J connectivity index is 0.000000145. The maximum absolute atomic E-state index is 7.33. The Morgan fingerprint density at radius 3 is 1.34 bits per heavy atom. The second kappa shape index (κ2) is 51.1. The average molecular weight is 2730 g/mol. The van der Waals surface area contributed by atoms with E-state index in [0.29, 0.717) is 17.0 Å².